The Balaban J connectivity index is 1.74. The number of hydrogen-bond donors (Lipinski definition) is 1. The van der Waals surface area contributed by atoms with Gasteiger partial charge in [0.05, 0.1) is 0 Å². The van der Waals surface area contributed by atoms with Crippen LogP contribution in [0.25, 0.3) is 6.08 Å². The SMILES string of the molecule is Cc1ccc(C)c(NC(=O)/C(C#N)=C/c2ccc(Cc3cccc(F)c3)cc2)c1. The second kappa shape index (κ2) is 8.99. The van der Waals surface area contributed by atoms with E-state index in [1.807, 2.05) is 68.4 Å². The number of anilines is 1. The number of carbonyl (C=O) groups is 1. The molecule has 3 rings (SSSR count). The zero-order chi connectivity index (χ0) is 20.8. The van der Waals surface area contributed by atoms with Crippen molar-refractivity contribution in [2.24, 2.45) is 0 Å². The van der Waals surface area contributed by atoms with E-state index in [1.165, 1.54) is 12.1 Å². The summed E-state index contributed by atoms with van der Waals surface area (Å²) < 4.78 is 13.3. The summed E-state index contributed by atoms with van der Waals surface area (Å²) in [7, 11) is 0. The molecule has 0 saturated heterocycles. The van der Waals surface area contributed by atoms with Gasteiger partial charge in [-0.2, -0.15) is 5.26 Å². The lowest BCUT2D eigenvalue weighted by Crippen LogP contribution is -2.14. The quantitative estimate of drug-likeness (QED) is 0.461. The van der Waals surface area contributed by atoms with Gasteiger partial charge in [0.1, 0.15) is 17.5 Å². The molecule has 3 aromatic rings. The maximum atomic E-state index is 13.3. The number of nitrogens with zero attached hydrogens (tertiary/aromatic N) is 1. The molecule has 0 unspecified atom stereocenters. The first-order valence-electron chi connectivity index (χ1n) is 9.28. The van der Waals surface area contributed by atoms with Gasteiger partial charge in [0, 0.05) is 5.69 Å². The number of amides is 1. The Morgan fingerprint density at radius 2 is 1.79 bits per heavy atom. The first-order chi connectivity index (χ1) is 13.9. The van der Waals surface area contributed by atoms with Gasteiger partial charge in [-0.05, 0) is 72.4 Å². The third-order valence-corrected chi connectivity index (χ3v) is 4.59. The van der Waals surface area contributed by atoms with Crippen LogP contribution in [0.3, 0.4) is 0 Å². The number of nitrogens with one attached hydrogen (secondary N) is 1. The average Bonchev–Trinajstić information content (AvgIpc) is 2.70. The molecular formula is C25H21FN2O. The molecule has 0 aliphatic heterocycles. The molecule has 4 heteroatoms. The summed E-state index contributed by atoms with van der Waals surface area (Å²) in [6, 6.07) is 21.8. The third-order valence-electron chi connectivity index (χ3n) is 4.59. The number of nitriles is 1. The Morgan fingerprint density at radius 3 is 2.48 bits per heavy atom. The first-order valence-corrected chi connectivity index (χ1v) is 9.28. The largest absolute Gasteiger partial charge is 0.321 e. The summed E-state index contributed by atoms with van der Waals surface area (Å²) in [5.41, 5.74) is 5.35. The van der Waals surface area contributed by atoms with E-state index in [2.05, 4.69) is 5.32 Å². The fourth-order valence-corrected chi connectivity index (χ4v) is 2.99. The molecule has 0 saturated carbocycles. The standard InChI is InChI=1S/C25H21FN2O/c1-17-6-7-18(2)24(12-17)28-25(29)22(16-27)14-20-10-8-19(9-11-20)13-21-4-3-5-23(26)15-21/h3-12,14-15H,13H2,1-2H3,(H,28,29)/b22-14+. The predicted molar refractivity (Wildman–Crippen MR) is 114 cm³/mol. The highest BCUT2D eigenvalue weighted by Crippen LogP contribution is 2.18. The van der Waals surface area contributed by atoms with Crippen LogP contribution in [0.1, 0.15) is 27.8 Å². The number of benzene rings is 3. The summed E-state index contributed by atoms with van der Waals surface area (Å²) in [5, 5.41) is 12.2. The minimum absolute atomic E-state index is 0.0313. The number of rotatable bonds is 5. The van der Waals surface area contributed by atoms with Crippen molar-refractivity contribution in [1.82, 2.24) is 0 Å². The lowest BCUT2D eigenvalue weighted by Gasteiger charge is -2.09. The van der Waals surface area contributed by atoms with Crippen molar-refractivity contribution in [3.8, 4) is 6.07 Å². The Bertz CT molecular complexity index is 1110. The topological polar surface area (TPSA) is 52.9 Å². The van der Waals surface area contributed by atoms with Gasteiger partial charge in [0.15, 0.2) is 0 Å². The normalized spacial score (nSPS) is 11.0. The number of aryl methyl sites for hydroxylation is 2. The molecule has 3 aromatic carbocycles. The van der Waals surface area contributed by atoms with Gasteiger partial charge >= 0.3 is 0 Å². The van der Waals surface area contributed by atoms with E-state index in [1.54, 1.807) is 12.1 Å². The summed E-state index contributed by atoms with van der Waals surface area (Å²) in [6.45, 7) is 3.85. The first kappa shape index (κ1) is 20.0. The second-order valence-electron chi connectivity index (χ2n) is 6.99. The molecule has 0 atom stereocenters. The van der Waals surface area contributed by atoms with E-state index < -0.39 is 5.91 Å². The van der Waals surface area contributed by atoms with E-state index in [9.17, 15) is 14.4 Å². The van der Waals surface area contributed by atoms with Gasteiger partial charge < -0.3 is 5.32 Å². The molecule has 3 nitrogen and oxygen atoms in total. The van der Waals surface area contributed by atoms with Crippen LogP contribution >= 0.6 is 0 Å². The van der Waals surface area contributed by atoms with Crippen molar-refractivity contribution in [1.29, 1.82) is 5.26 Å². The van der Waals surface area contributed by atoms with Crippen LogP contribution in [0.15, 0.2) is 72.3 Å². The van der Waals surface area contributed by atoms with Gasteiger partial charge in [0.2, 0.25) is 0 Å². The zero-order valence-electron chi connectivity index (χ0n) is 16.4. The van der Waals surface area contributed by atoms with Gasteiger partial charge in [-0.25, -0.2) is 4.39 Å². The van der Waals surface area contributed by atoms with Crippen LogP contribution in [0.2, 0.25) is 0 Å². The van der Waals surface area contributed by atoms with Crippen molar-refractivity contribution in [2.75, 3.05) is 5.32 Å². The van der Waals surface area contributed by atoms with Crippen molar-refractivity contribution < 1.29 is 9.18 Å². The van der Waals surface area contributed by atoms with Crippen LogP contribution in [-0.4, -0.2) is 5.91 Å². The van der Waals surface area contributed by atoms with Crippen LogP contribution in [0.5, 0.6) is 0 Å². The molecule has 29 heavy (non-hydrogen) atoms. The van der Waals surface area contributed by atoms with E-state index in [0.717, 1.165) is 27.8 Å². The minimum Gasteiger partial charge on any atom is -0.321 e. The molecule has 1 amide bonds. The van der Waals surface area contributed by atoms with Crippen molar-refractivity contribution >= 4 is 17.7 Å². The van der Waals surface area contributed by atoms with Gasteiger partial charge in [-0.3, -0.25) is 4.79 Å². The minimum atomic E-state index is -0.440. The molecule has 0 radical (unpaired) electrons. The average molecular weight is 384 g/mol. The fraction of sp³-hybridized carbons (Fsp3) is 0.120. The molecule has 0 heterocycles. The number of hydrogen-bond acceptors (Lipinski definition) is 2. The molecule has 0 fully saturated rings. The molecular weight excluding hydrogens is 363 g/mol. The van der Waals surface area contributed by atoms with Gasteiger partial charge in [-0.1, -0.05) is 48.5 Å². The summed E-state index contributed by atoms with van der Waals surface area (Å²) in [5.74, 6) is -0.694. The lowest BCUT2D eigenvalue weighted by atomic mass is 10.0. The van der Waals surface area contributed by atoms with Crippen molar-refractivity contribution in [2.45, 2.75) is 20.3 Å². The van der Waals surface area contributed by atoms with Crippen molar-refractivity contribution in [3.05, 3.63) is 106 Å². The Kier molecular flexibility index (Phi) is 6.21. The van der Waals surface area contributed by atoms with Crippen molar-refractivity contribution in [3.63, 3.8) is 0 Å². The molecule has 1 N–H and O–H groups in total. The molecule has 0 bridgehead atoms. The molecule has 0 aliphatic rings. The van der Waals surface area contributed by atoms with Gasteiger partial charge in [0.25, 0.3) is 5.91 Å². The second-order valence-corrected chi connectivity index (χ2v) is 6.99. The van der Waals surface area contributed by atoms with E-state index in [0.29, 0.717) is 12.1 Å². The molecule has 144 valence electrons. The number of carbonyl (C=O) groups excluding carboxylic acids is 1. The predicted octanol–water partition coefficient (Wildman–Crippen LogP) is 5.58. The summed E-state index contributed by atoms with van der Waals surface area (Å²) in [6.07, 6.45) is 2.17. The Morgan fingerprint density at radius 1 is 1.03 bits per heavy atom. The highest BCUT2D eigenvalue weighted by Gasteiger charge is 2.11. The Hall–Kier alpha value is -3.71. The van der Waals surface area contributed by atoms with Crippen LogP contribution in [0, 0.1) is 31.0 Å². The van der Waals surface area contributed by atoms with E-state index in [-0.39, 0.29) is 11.4 Å². The van der Waals surface area contributed by atoms with Crippen LogP contribution in [-0.2, 0) is 11.2 Å². The summed E-state index contributed by atoms with van der Waals surface area (Å²) >= 11 is 0. The smallest absolute Gasteiger partial charge is 0.266 e. The molecule has 0 aromatic heterocycles. The molecule has 0 spiro atoms. The summed E-state index contributed by atoms with van der Waals surface area (Å²) in [4.78, 5) is 12.5. The Labute approximate surface area is 170 Å². The van der Waals surface area contributed by atoms with Gasteiger partial charge in [-0.15, -0.1) is 0 Å². The lowest BCUT2D eigenvalue weighted by molar-refractivity contribution is -0.112. The zero-order valence-corrected chi connectivity index (χ0v) is 16.4. The highest BCUT2D eigenvalue weighted by molar-refractivity contribution is 6.10. The highest BCUT2D eigenvalue weighted by atomic mass is 19.1. The molecule has 0 aliphatic carbocycles. The van der Waals surface area contributed by atoms with Crippen LogP contribution < -0.4 is 5.32 Å². The third kappa shape index (κ3) is 5.40. The maximum absolute atomic E-state index is 13.3. The number of halogens is 1. The monoisotopic (exact) mass is 384 g/mol. The maximum Gasteiger partial charge on any atom is 0.266 e. The fourth-order valence-electron chi connectivity index (χ4n) is 2.99. The van der Waals surface area contributed by atoms with E-state index in [4.69, 9.17) is 0 Å². The van der Waals surface area contributed by atoms with E-state index >= 15 is 0 Å². The van der Waals surface area contributed by atoms with Crippen LogP contribution in [0.4, 0.5) is 10.1 Å².